The van der Waals surface area contributed by atoms with Gasteiger partial charge in [-0.15, -0.1) is 24.0 Å². The Morgan fingerprint density at radius 3 is 2.90 bits per heavy atom. The van der Waals surface area contributed by atoms with E-state index in [9.17, 15) is 4.39 Å². The molecule has 0 radical (unpaired) electrons. The Morgan fingerprint density at radius 1 is 1.45 bits per heavy atom. The van der Waals surface area contributed by atoms with Crippen molar-refractivity contribution in [1.82, 2.24) is 4.90 Å². The molecule has 0 saturated carbocycles. The van der Waals surface area contributed by atoms with Crippen molar-refractivity contribution in [3.63, 3.8) is 0 Å². The lowest BCUT2D eigenvalue weighted by Gasteiger charge is -2.20. The first kappa shape index (κ1) is 17.0. The number of halogens is 2. The second-order valence-corrected chi connectivity index (χ2v) is 4.55. The quantitative estimate of drug-likeness (QED) is 0.481. The minimum Gasteiger partial charge on any atom is -0.467 e. The fourth-order valence-corrected chi connectivity index (χ4v) is 1.87. The number of nitrogens with zero attached hydrogens (tertiary/aromatic N) is 2. The molecule has 1 aliphatic rings. The highest BCUT2D eigenvalue weighted by Gasteiger charge is 2.16. The smallest absolute Gasteiger partial charge is 0.190 e. The average Bonchev–Trinajstić information content (AvgIpc) is 2.38. The molecule has 1 aliphatic heterocycles. The zero-order chi connectivity index (χ0) is 13.8. The summed E-state index contributed by atoms with van der Waals surface area (Å²) in [5.74, 6) is 0.883. The number of nitrogens with two attached hydrogens (primary N) is 1. The summed E-state index contributed by atoms with van der Waals surface area (Å²) in [6.45, 7) is 1.07. The molecule has 2 rings (SSSR count). The summed E-state index contributed by atoms with van der Waals surface area (Å²) in [5.41, 5.74) is 7.24. The van der Waals surface area contributed by atoms with Crippen LogP contribution in [0.2, 0.25) is 0 Å². The zero-order valence-corrected chi connectivity index (χ0v) is 13.9. The predicted molar refractivity (Wildman–Crippen MR) is 86.0 cm³/mol. The molecule has 20 heavy (non-hydrogen) atoms. The molecule has 0 fully saturated rings. The molecule has 0 bridgehead atoms. The van der Waals surface area contributed by atoms with Gasteiger partial charge in [0.15, 0.2) is 12.8 Å². The maximum atomic E-state index is 13.5. The van der Waals surface area contributed by atoms with Gasteiger partial charge in [0, 0.05) is 26.2 Å². The lowest BCUT2D eigenvalue weighted by Crippen LogP contribution is -2.30. The van der Waals surface area contributed by atoms with Crippen molar-refractivity contribution in [3.8, 4) is 5.75 Å². The topological polar surface area (TPSA) is 60.1 Å². The third-order valence-electron chi connectivity index (χ3n) is 2.86. The Balaban J connectivity index is 0.00000200. The Hall–Kier alpha value is -1.09. The maximum Gasteiger partial charge on any atom is 0.190 e. The number of rotatable bonds is 3. The van der Waals surface area contributed by atoms with Crippen LogP contribution in [0.25, 0.3) is 0 Å². The highest BCUT2D eigenvalue weighted by molar-refractivity contribution is 14.0. The second kappa shape index (κ2) is 7.63. The minimum atomic E-state index is -0.285. The van der Waals surface area contributed by atoms with E-state index in [-0.39, 0.29) is 36.6 Å². The maximum absolute atomic E-state index is 13.5. The Morgan fingerprint density at radius 2 is 2.20 bits per heavy atom. The van der Waals surface area contributed by atoms with E-state index >= 15 is 0 Å². The van der Waals surface area contributed by atoms with Crippen LogP contribution < -0.4 is 10.5 Å². The normalized spacial score (nSPS) is 14.1. The van der Waals surface area contributed by atoms with Crippen molar-refractivity contribution < 1.29 is 13.9 Å². The van der Waals surface area contributed by atoms with Crippen LogP contribution in [0.4, 0.5) is 4.39 Å². The molecule has 5 nitrogen and oxygen atoms in total. The average molecular weight is 395 g/mol. The summed E-state index contributed by atoms with van der Waals surface area (Å²) in [5, 5.41) is 0. The van der Waals surface area contributed by atoms with E-state index in [1.165, 1.54) is 12.1 Å². The van der Waals surface area contributed by atoms with Crippen molar-refractivity contribution in [2.45, 2.75) is 13.0 Å². The minimum absolute atomic E-state index is 0. The summed E-state index contributed by atoms with van der Waals surface area (Å²) in [6.07, 6.45) is 0.578. The van der Waals surface area contributed by atoms with Gasteiger partial charge >= 0.3 is 0 Å². The van der Waals surface area contributed by atoms with Gasteiger partial charge in [0.2, 0.25) is 0 Å². The monoisotopic (exact) mass is 395 g/mol. The first-order chi connectivity index (χ1) is 9.08. The molecular weight excluding hydrogens is 376 g/mol. The van der Waals surface area contributed by atoms with Crippen LogP contribution >= 0.6 is 24.0 Å². The number of benzene rings is 1. The van der Waals surface area contributed by atoms with E-state index in [1.807, 2.05) is 14.1 Å². The molecule has 0 spiro atoms. The molecule has 112 valence electrons. The van der Waals surface area contributed by atoms with Gasteiger partial charge in [-0.2, -0.15) is 0 Å². The molecule has 1 aromatic rings. The lowest BCUT2D eigenvalue weighted by molar-refractivity contribution is -0.0172. The van der Waals surface area contributed by atoms with Crippen molar-refractivity contribution in [2.75, 3.05) is 27.4 Å². The highest BCUT2D eigenvalue weighted by atomic mass is 127. The molecule has 0 aromatic heterocycles. The number of aliphatic imine (C=N–C) groups is 1. The zero-order valence-electron chi connectivity index (χ0n) is 11.6. The van der Waals surface area contributed by atoms with Crippen LogP contribution in [0.15, 0.2) is 17.1 Å². The van der Waals surface area contributed by atoms with E-state index in [0.717, 1.165) is 11.1 Å². The van der Waals surface area contributed by atoms with Crippen LogP contribution in [-0.4, -0.2) is 38.3 Å². The fraction of sp³-hybridized carbons (Fsp3) is 0.462. The number of fused-ring (bicyclic) bond motifs is 1. The van der Waals surface area contributed by atoms with Crippen molar-refractivity contribution in [1.29, 1.82) is 0 Å². The van der Waals surface area contributed by atoms with Gasteiger partial charge in [-0.1, -0.05) is 0 Å². The first-order valence-electron chi connectivity index (χ1n) is 6.07. The van der Waals surface area contributed by atoms with Crippen LogP contribution in [0.1, 0.15) is 11.1 Å². The SMILES string of the molecule is CN(C)C(N)=NCCc1cc(F)cc2c1OCOC2.I. The number of ether oxygens (including phenoxy) is 2. The number of hydrogen-bond acceptors (Lipinski definition) is 3. The van der Waals surface area contributed by atoms with Crippen molar-refractivity contribution in [2.24, 2.45) is 10.7 Å². The lowest BCUT2D eigenvalue weighted by atomic mass is 10.1. The summed E-state index contributed by atoms with van der Waals surface area (Å²) in [7, 11) is 3.65. The van der Waals surface area contributed by atoms with Crippen LogP contribution in [0, 0.1) is 5.82 Å². The molecule has 0 unspecified atom stereocenters. The first-order valence-corrected chi connectivity index (χ1v) is 6.07. The molecule has 2 N–H and O–H groups in total. The largest absolute Gasteiger partial charge is 0.467 e. The van der Waals surface area contributed by atoms with Crippen LogP contribution in [0.5, 0.6) is 5.75 Å². The summed E-state index contributed by atoms with van der Waals surface area (Å²) in [4.78, 5) is 5.94. The molecule has 1 aromatic carbocycles. The number of hydrogen-bond donors (Lipinski definition) is 1. The predicted octanol–water partition coefficient (Wildman–Crippen LogP) is 1.73. The molecule has 0 atom stereocenters. The van der Waals surface area contributed by atoms with E-state index in [1.54, 1.807) is 4.90 Å². The van der Waals surface area contributed by atoms with Gasteiger partial charge in [-0.05, 0) is 24.1 Å². The van der Waals surface area contributed by atoms with Gasteiger partial charge in [-0.3, -0.25) is 4.99 Å². The Bertz CT molecular complexity index is 495. The molecule has 0 amide bonds. The summed E-state index contributed by atoms with van der Waals surface area (Å²) >= 11 is 0. The molecule has 0 aliphatic carbocycles. The van der Waals surface area contributed by atoms with Gasteiger partial charge < -0.3 is 20.1 Å². The second-order valence-electron chi connectivity index (χ2n) is 4.55. The van der Waals surface area contributed by atoms with Gasteiger partial charge in [0.1, 0.15) is 11.6 Å². The molecule has 1 heterocycles. The molecule has 7 heteroatoms. The molecular formula is C13H19FIN3O2. The standard InChI is InChI=1S/C13H18FN3O2.HI/c1-17(2)13(15)16-4-3-9-5-11(14)6-10-7-18-8-19-12(9)10;/h5-6H,3-4,7-8H2,1-2H3,(H2,15,16);1H. The number of guanidine groups is 1. The van der Waals surface area contributed by atoms with E-state index < -0.39 is 0 Å². The van der Waals surface area contributed by atoms with Gasteiger partial charge in [0.05, 0.1) is 6.61 Å². The van der Waals surface area contributed by atoms with Gasteiger partial charge in [0.25, 0.3) is 0 Å². The van der Waals surface area contributed by atoms with Crippen molar-refractivity contribution in [3.05, 3.63) is 29.1 Å². The fourth-order valence-electron chi connectivity index (χ4n) is 1.87. The van der Waals surface area contributed by atoms with E-state index in [0.29, 0.717) is 31.3 Å². The van der Waals surface area contributed by atoms with Crippen molar-refractivity contribution >= 4 is 29.9 Å². The Labute approximate surface area is 135 Å². The van der Waals surface area contributed by atoms with E-state index in [2.05, 4.69) is 4.99 Å². The third kappa shape index (κ3) is 4.20. The highest BCUT2D eigenvalue weighted by Crippen LogP contribution is 2.29. The van der Waals surface area contributed by atoms with Gasteiger partial charge in [-0.25, -0.2) is 4.39 Å². The molecule has 0 saturated heterocycles. The van der Waals surface area contributed by atoms with Crippen LogP contribution in [-0.2, 0) is 17.8 Å². The van der Waals surface area contributed by atoms with Crippen LogP contribution in [0.3, 0.4) is 0 Å². The van der Waals surface area contributed by atoms with E-state index in [4.69, 9.17) is 15.2 Å². The third-order valence-corrected chi connectivity index (χ3v) is 2.86. The summed E-state index contributed by atoms with van der Waals surface area (Å²) in [6, 6.07) is 2.92. The Kier molecular flexibility index (Phi) is 6.47. The summed E-state index contributed by atoms with van der Waals surface area (Å²) < 4.78 is 24.1.